The van der Waals surface area contributed by atoms with E-state index < -0.39 is 4.92 Å². The molecular formula is C22H14N4O4S2. The summed E-state index contributed by atoms with van der Waals surface area (Å²) in [6, 6.07) is 21.5. The maximum Gasteiger partial charge on any atom is 0.277 e. The number of nitrogens with zero attached hydrogens (tertiary/aromatic N) is 4. The summed E-state index contributed by atoms with van der Waals surface area (Å²) in [6.07, 6.45) is 0. The fraction of sp³-hybridized carbons (Fsp3) is 0.0455. The van der Waals surface area contributed by atoms with Crippen LogP contribution in [0.5, 0.6) is 0 Å². The summed E-state index contributed by atoms with van der Waals surface area (Å²) >= 11 is 2.76. The number of amides is 1. The van der Waals surface area contributed by atoms with Gasteiger partial charge in [-0.05, 0) is 30.3 Å². The zero-order valence-electron chi connectivity index (χ0n) is 16.4. The van der Waals surface area contributed by atoms with Crippen molar-refractivity contribution in [2.45, 2.75) is 15.0 Å². The van der Waals surface area contributed by atoms with E-state index in [2.05, 4.69) is 10.2 Å². The molecule has 1 amide bonds. The second-order valence-corrected chi connectivity index (χ2v) is 8.75. The van der Waals surface area contributed by atoms with Gasteiger partial charge in [0.2, 0.25) is 11.8 Å². The Morgan fingerprint density at radius 2 is 1.69 bits per heavy atom. The minimum Gasteiger partial charge on any atom is -0.411 e. The van der Waals surface area contributed by atoms with Gasteiger partial charge < -0.3 is 4.42 Å². The molecule has 10 heteroatoms. The monoisotopic (exact) mass is 462 g/mol. The van der Waals surface area contributed by atoms with Gasteiger partial charge in [0.05, 0.1) is 22.1 Å². The molecule has 0 saturated carbocycles. The van der Waals surface area contributed by atoms with E-state index in [1.807, 2.05) is 48.5 Å². The van der Waals surface area contributed by atoms with Crippen LogP contribution in [0.25, 0.3) is 11.5 Å². The zero-order valence-corrected chi connectivity index (χ0v) is 18.0. The number of thioether (sulfide) groups is 1. The van der Waals surface area contributed by atoms with Crippen LogP contribution in [0.2, 0.25) is 0 Å². The maximum absolute atomic E-state index is 13.2. The van der Waals surface area contributed by atoms with Crippen LogP contribution < -0.4 is 4.90 Å². The van der Waals surface area contributed by atoms with Crippen molar-refractivity contribution in [2.24, 2.45) is 0 Å². The van der Waals surface area contributed by atoms with Gasteiger partial charge in [0.25, 0.3) is 10.9 Å². The first-order chi connectivity index (χ1) is 15.6. The van der Waals surface area contributed by atoms with Crippen LogP contribution in [0.3, 0.4) is 0 Å². The number of hydrogen-bond donors (Lipinski definition) is 0. The molecule has 4 aromatic rings. The van der Waals surface area contributed by atoms with Crippen molar-refractivity contribution in [3.05, 3.63) is 82.9 Å². The molecule has 3 aromatic carbocycles. The summed E-state index contributed by atoms with van der Waals surface area (Å²) in [5.41, 5.74) is 2.06. The first-order valence-corrected chi connectivity index (χ1v) is 11.3. The summed E-state index contributed by atoms with van der Waals surface area (Å²) < 4.78 is 5.62. The second-order valence-electron chi connectivity index (χ2n) is 6.74. The molecule has 5 rings (SSSR count). The predicted octanol–water partition coefficient (Wildman–Crippen LogP) is 5.57. The van der Waals surface area contributed by atoms with Gasteiger partial charge in [-0.3, -0.25) is 19.8 Å². The highest BCUT2D eigenvalue weighted by Crippen LogP contribution is 2.48. The number of non-ortho nitro benzene ring substituents is 1. The molecule has 0 saturated heterocycles. The van der Waals surface area contributed by atoms with E-state index in [1.54, 1.807) is 28.8 Å². The van der Waals surface area contributed by atoms with Crippen molar-refractivity contribution < 1.29 is 14.1 Å². The molecule has 0 aliphatic carbocycles. The van der Waals surface area contributed by atoms with Crippen LogP contribution in [0.1, 0.15) is 0 Å². The van der Waals surface area contributed by atoms with Crippen molar-refractivity contribution in [3.63, 3.8) is 0 Å². The molecule has 8 nitrogen and oxygen atoms in total. The second kappa shape index (κ2) is 8.48. The Kier molecular flexibility index (Phi) is 5.38. The van der Waals surface area contributed by atoms with E-state index in [0.717, 1.165) is 32.9 Å². The average molecular weight is 463 g/mol. The standard InChI is InChI=1S/C22H14N4O4S2/c27-20(25-16-8-1-3-10-18(16)32-19-11-4-2-9-17(19)25)13-31-22-24-23-21(30-22)14-6-5-7-15(12-14)26(28)29/h1-12H,13H2. The topological polar surface area (TPSA) is 102 Å². The number of hydrogen-bond acceptors (Lipinski definition) is 8. The molecule has 32 heavy (non-hydrogen) atoms. The Morgan fingerprint density at radius 3 is 2.38 bits per heavy atom. The number of rotatable bonds is 5. The van der Waals surface area contributed by atoms with Gasteiger partial charge in [0.1, 0.15) is 0 Å². The summed E-state index contributed by atoms with van der Waals surface area (Å²) in [5, 5.41) is 19.1. The van der Waals surface area contributed by atoms with Crippen molar-refractivity contribution in [3.8, 4) is 11.5 Å². The van der Waals surface area contributed by atoms with E-state index in [1.165, 1.54) is 12.1 Å². The molecule has 1 aliphatic rings. The van der Waals surface area contributed by atoms with E-state index in [-0.39, 0.29) is 28.5 Å². The van der Waals surface area contributed by atoms with E-state index in [4.69, 9.17) is 4.42 Å². The van der Waals surface area contributed by atoms with Gasteiger partial charge in [0.15, 0.2) is 0 Å². The van der Waals surface area contributed by atoms with Gasteiger partial charge >= 0.3 is 0 Å². The van der Waals surface area contributed by atoms with Crippen LogP contribution in [0.15, 0.2) is 92.2 Å². The van der Waals surface area contributed by atoms with Crippen molar-refractivity contribution >= 4 is 46.5 Å². The molecule has 2 heterocycles. The van der Waals surface area contributed by atoms with Crippen molar-refractivity contribution in [1.82, 2.24) is 10.2 Å². The van der Waals surface area contributed by atoms with Gasteiger partial charge in [0, 0.05) is 27.5 Å². The minimum absolute atomic E-state index is 0.0645. The molecule has 158 valence electrons. The van der Waals surface area contributed by atoms with Crippen molar-refractivity contribution in [1.29, 1.82) is 0 Å². The number of nitro benzene ring substituents is 1. The highest BCUT2D eigenvalue weighted by Gasteiger charge is 2.28. The Balaban J connectivity index is 1.35. The molecule has 1 aliphatic heterocycles. The Morgan fingerprint density at radius 1 is 1.00 bits per heavy atom. The number of para-hydroxylation sites is 2. The van der Waals surface area contributed by atoms with Gasteiger partial charge in [-0.25, -0.2) is 0 Å². The van der Waals surface area contributed by atoms with E-state index in [0.29, 0.717) is 5.56 Å². The minimum atomic E-state index is -0.485. The van der Waals surface area contributed by atoms with Crippen LogP contribution in [0, 0.1) is 10.1 Å². The summed E-state index contributed by atoms with van der Waals surface area (Å²) in [5.74, 6) is 0.128. The number of carbonyl (C=O) groups excluding carboxylic acids is 1. The highest BCUT2D eigenvalue weighted by molar-refractivity contribution is 8.00. The summed E-state index contributed by atoms with van der Waals surface area (Å²) in [4.78, 5) is 27.5. The lowest BCUT2D eigenvalue weighted by Crippen LogP contribution is -2.29. The Hall–Kier alpha value is -3.63. The molecule has 0 atom stereocenters. The Bertz CT molecular complexity index is 1300. The molecule has 1 aromatic heterocycles. The fourth-order valence-corrected chi connectivity index (χ4v) is 4.97. The first-order valence-electron chi connectivity index (χ1n) is 9.50. The summed E-state index contributed by atoms with van der Waals surface area (Å²) in [7, 11) is 0. The number of benzene rings is 3. The molecule has 0 radical (unpaired) electrons. The van der Waals surface area contributed by atoms with E-state index in [9.17, 15) is 14.9 Å². The van der Waals surface area contributed by atoms with E-state index >= 15 is 0 Å². The fourth-order valence-electron chi connectivity index (χ4n) is 3.30. The van der Waals surface area contributed by atoms with Gasteiger partial charge in [-0.2, -0.15) is 0 Å². The third-order valence-electron chi connectivity index (χ3n) is 4.71. The quantitative estimate of drug-likeness (QED) is 0.216. The van der Waals surface area contributed by atoms with Crippen LogP contribution in [-0.2, 0) is 4.79 Å². The molecule has 0 unspecified atom stereocenters. The molecular weight excluding hydrogens is 448 g/mol. The Labute approximate surface area is 190 Å². The first kappa shape index (κ1) is 20.3. The lowest BCUT2D eigenvalue weighted by atomic mass is 10.2. The van der Waals surface area contributed by atoms with Crippen LogP contribution in [-0.4, -0.2) is 26.8 Å². The number of aromatic nitrogens is 2. The predicted molar refractivity (Wildman–Crippen MR) is 121 cm³/mol. The number of fused-ring (bicyclic) bond motifs is 2. The smallest absolute Gasteiger partial charge is 0.277 e. The maximum atomic E-state index is 13.2. The SMILES string of the molecule is O=C(CSc1nnc(-c2cccc([N+](=O)[O-])c2)o1)N1c2ccccc2Sc2ccccc21. The summed E-state index contributed by atoms with van der Waals surface area (Å²) in [6.45, 7) is 0. The normalized spacial score (nSPS) is 12.2. The zero-order chi connectivity index (χ0) is 22.1. The lowest BCUT2D eigenvalue weighted by molar-refractivity contribution is -0.384. The number of nitro groups is 1. The van der Waals surface area contributed by atoms with Crippen molar-refractivity contribution in [2.75, 3.05) is 10.7 Å². The van der Waals surface area contributed by atoms with Crippen LogP contribution >= 0.6 is 23.5 Å². The molecule has 0 spiro atoms. The largest absolute Gasteiger partial charge is 0.411 e. The third kappa shape index (κ3) is 3.85. The lowest BCUT2D eigenvalue weighted by Gasteiger charge is -2.30. The molecule has 0 N–H and O–H groups in total. The number of anilines is 2. The molecule has 0 bridgehead atoms. The van der Waals surface area contributed by atoms with Gasteiger partial charge in [-0.15, -0.1) is 10.2 Å². The third-order valence-corrected chi connectivity index (χ3v) is 6.64. The molecule has 0 fully saturated rings. The highest BCUT2D eigenvalue weighted by atomic mass is 32.2. The van der Waals surface area contributed by atoms with Gasteiger partial charge in [-0.1, -0.05) is 53.9 Å². The van der Waals surface area contributed by atoms with Crippen LogP contribution in [0.4, 0.5) is 17.1 Å². The average Bonchev–Trinajstić information content (AvgIpc) is 3.30. The number of carbonyl (C=O) groups is 1.